The summed E-state index contributed by atoms with van der Waals surface area (Å²) in [5.74, 6) is 0.239. The van der Waals surface area contributed by atoms with Crippen molar-refractivity contribution in [2.24, 2.45) is 10.9 Å². The number of rotatable bonds is 4. The van der Waals surface area contributed by atoms with Crippen LogP contribution in [0.4, 0.5) is 5.69 Å². The number of anilines is 1. The van der Waals surface area contributed by atoms with Crippen LogP contribution in [0.2, 0.25) is 0 Å². The average molecular weight is 249 g/mol. The first-order chi connectivity index (χ1) is 8.34. The molecule has 0 amide bonds. The molecule has 1 aromatic carbocycles. The third-order valence-corrected chi connectivity index (χ3v) is 2.78. The van der Waals surface area contributed by atoms with Crippen LogP contribution in [0.5, 0.6) is 0 Å². The van der Waals surface area contributed by atoms with E-state index in [4.69, 9.17) is 10.9 Å². The molecule has 0 bridgehead atoms. The van der Waals surface area contributed by atoms with Crippen molar-refractivity contribution in [3.05, 3.63) is 29.8 Å². The number of nitrogens with zero attached hydrogens (tertiary/aromatic N) is 1. The molecule has 18 heavy (non-hydrogen) atoms. The number of oxime groups is 1. The lowest BCUT2D eigenvalue weighted by atomic mass is 9.85. The van der Waals surface area contributed by atoms with Gasteiger partial charge in [-0.05, 0) is 24.0 Å². The van der Waals surface area contributed by atoms with Crippen molar-refractivity contribution in [2.75, 3.05) is 5.32 Å². The van der Waals surface area contributed by atoms with Crippen molar-refractivity contribution >= 4 is 11.5 Å². The highest BCUT2D eigenvalue weighted by Gasteiger charge is 2.18. The molecule has 0 aliphatic heterocycles. The van der Waals surface area contributed by atoms with E-state index in [-0.39, 0.29) is 17.3 Å². The highest BCUT2D eigenvalue weighted by molar-refractivity contribution is 5.80. The Balaban J connectivity index is 2.85. The second-order valence-corrected chi connectivity index (χ2v) is 5.64. The molecule has 1 unspecified atom stereocenters. The first-order valence-electron chi connectivity index (χ1n) is 6.17. The van der Waals surface area contributed by atoms with Crippen LogP contribution in [0.15, 0.2) is 29.4 Å². The predicted octanol–water partition coefficient (Wildman–Crippen LogP) is 2.92. The van der Waals surface area contributed by atoms with Crippen molar-refractivity contribution < 1.29 is 5.21 Å². The molecule has 1 atom stereocenters. The molecule has 1 aromatic rings. The number of para-hydroxylation sites is 1. The summed E-state index contributed by atoms with van der Waals surface area (Å²) in [6, 6.07) is 8.35. The van der Waals surface area contributed by atoms with Gasteiger partial charge in [-0.15, -0.1) is 0 Å². The van der Waals surface area contributed by atoms with Crippen molar-refractivity contribution in [1.29, 1.82) is 0 Å². The van der Waals surface area contributed by atoms with E-state index in [0.29, 0.717) is 6.42 Å². The summed E-state index contributed by atoms with van der Waals surface area (Å²) in [5, 5.41) is 15.0. The molecule has 0 aliphatic carbocycles. The fourth-order valence-electron chi connectivity index (χ4n) is 1.93. The molecule has 0 saturated heterocycles. The Labute approximate surface area is 109 Å². The van der Waals surface area contributed by atoms with Gasteiger partial charge >= 0.3 is 0 Å². The van der Waals surface area contributed by atoms with Gasteiger partial charge in [-0.1, -0.05) is 44.1 Å². The first kappa shape index (κ1) is 14.4. The van der Waals surface area contributed by atoms with Crippen LogP contribution in [-0.4, -0.2) is 17.1 Å². The number of hydrogen-bond acceptors (Lipinski definition) is 3. The van der Waals surface area contributed by atoms with E-state index < -0.39 is 0 Å². The maximum atomic E-state index is 8.57. The van der Waals surface area contributed by atoms with Gasteiger partial charge in [0, 0.05) is 18.2 Å². The molecule has 1 rings (SSSR count). The molecule has 4 heteroatoms. The molecule has 0 saturated carbocycles. The zero-order valence-electron chi connectivity index (χ0n) is 11.6. The number of nitrogens with two attached hydrogens (primary N) is 1. The van der Waals surface area contributed by atoms with Crippen LogP contribution in [0, 0.1) is 0 Å². The van der Waals surface area contributed by atoms with Crippen LogP contribution in [0.1, 0.15) is 39.7 Å². The predicted molar refractivity (Wildman–Crippen MR) is 76.3 cm³/mol. The monoisotopic (exact) mass is 249 g/mol. The van der Waals surface area contributed by atoms with Gasteiger partial charge in [0.2, 0.25) is 0 Å². The number of benzene rings is 1. The molecular formula is C14H23N3O. The van der Waals surface area contributed by atoms with E-state index in [1.54, 1.807) is 0 Å². The summed E-state index contributed by atoms with van der Waals surface area (Å²) in [5.41, 5.74) is 7.96. The first-order valence-corrected chi connectivity index (χ1v) is 6.17. The number of nitrogens with one attached hydrogen (secondary N) is 1. The van der Waals surface area contributed by atoms with Gasteiger partial charge < -0.3 is 16.3 Å². The summed E-state index contributed by atoms with van der Waals surface area (Å²) in [6.07, 6.45) is 0.509. The zero-order valence-corrected chi connectivity index (χ0v) is 11.6. The number of hydrogen-bond donors (Lipinski definition) is 3. The normalized spacial score (nSPS) is 14.3. The van der Waals surface area contributed by atoms with Crippen molar-refractivity contribution in [3.63, 3.8) is 0 Å². The minimum atomic E-state index is 0.0833. The van der Waals surface area contributed by atoms with Crippen molar-refractivity contribution in [3.8, 4) is 0 Å². The zero-order chi connectivity index (χ0) is 13.8. The van der Waals surface area contributed by atoms with E-state index in [9.17, 15) is 0 Å². The number of amidine groups is 1. The molecule has 0 spiro atoms. The highest BCUT2D eigenvalue weighted by Crippen LogP contribution is 2.29. The minimum Gasteiger partial charge on any atom is -0.409 e. The maximum Gasteiger partial charge on any atom is 0.141 e. The second kappa shape index (κ2) is 5.76. The van der Waals surface area contributed by atoms with Gasteiger partial charge in [0.1, 0.15) is 5.84 Å². The second-order valence-electron chi connectivity index (χ2n) is 5.64. The van der Waals surface area contributed by atoms with E-state index in [0.717, 1.165) is 5.69 Å². The molecule has 0 radical (unpaired) electrons. The van der Waals surface area contributed by atoms with Crippen molar-refractivity contribution in [1.82, 2.24) is 0 Å². The Morgan fingerprint density at radius 1 is 1.39 bits per heavy atom. The lowest BCUT2D eigenvalue weighted by Gasteiger charge is -2.25. The van der Waals surface area contributed by atoms with E-state index >= 15 is 0 Å². The van der Waals surface area contributed by atoms with Crippen LogP contribution < -0.4 is 11.1 Å². The van der Waals surface area contributed by atoms with E-state index in [1.165, 1.54) is 5.56 Å². The topological polar surface area (TPSA) is 70.6 Å². The fraction of sp³-hybridized carbons (Fsp3) is 0.500. The van der Waals surface area contributed by atoms with E-state index in [2.05, 4.69) is 43.4 Å². The third kappa shape index (κ3) is 3.95. The Kier molecular flexibility index (Phi) is 4.59. The Hall–Kier alpha value is -1.71. The SMILES string of the molecule is CC(CC(N)=NO)Nc1ccccc1C(C)(C)C. The third-order valence-electron chi connectivity index (χ3n) is 2.78. The quantitative estimate of drug-likeness (QED) is 0.332. The molecule has 0 aliphatic rings. The molecule has 0 heterocycles. The van der Waals surface area contributed by atoms with Crippen LogP contribution in [-0.2, 0) is 5.41 Å². The Morgan fingerprint density at radius 3 is 2.56 bits per heavy atom. The maximum absolute atomic E-state index is 8.57. The van der Waals surface area contributed by atoms with Gasteiger partial charge in [-0.2, -0.15) is 0 Å². The summed E-state index contributed by atoms with van der Waals surface area (Å²) in [6.45, 7) is 8.56. The Morgan fingerprint density at radius 2 is 2.00 bits per heavy atom. The van der Waals surface area contributed by atoms with Gasteiger partial charge in [0.25, 0.3) is 0 Å². The smallest absolute Gasteiger partial charge is 0.141 e. The molecule has 4 nitrogen and oxygen atoms in total. The van der Waals surface area contributed by atoms with Crippen molar-refractivity contribution in [2.45, 2.75) is 45.6 Å². The average Bonchev–Trinajstić information content (AvgIpc) is 2.27. The molecular weight excluding hydrogens is 226 g/mol. The summed E-state index contributed by atoms with van der Waals surface area (Å²) < 4.78 is 0. The van der Waals surface area contributed by atoms with Gasteiger partial charge in [-0.3, -0.25) is 0 Å². The summed E-state index contributed by atoms with van der Waals surface area (Å²) in [4.78, 5) is 0. The summed E-state index contributed by atoms with van der Waals surface area (Å²) >= 11 is 0. The van der Waals surface area contributed by atoms with Gasteiger partial charge in [-0.25, -0.2) is 0 Å². The molecule has 4 N–H and O–H groups in total. The fourth-order valence-corrected chi connectivity index (χ4v) is 1.93. The summed E-state index contributed by atoms with van der Waals surface area (Å²) in [7, 11) is 0. The standard InChI is InChI=1S/C14H23N3O/c1-10(9-13(15)17-18)16-12-8-6-5-7-11(12)14(2,3)4/h5-8,10,16,18H,9H2,1-4H3,(H2,15,17). The van der Waals surface area contributed by atoms with Crippen LogP contribution >= 0.6 is 0 Å². The van der Waals surface area contributed by atoms with Crippen LogP contribution in [0.3, 0.4) is 0 Å². The molecule has 0 fully saturated rings. The largest absolute Gasteiger partial charge is 0.409 e. The van der Waals surface area contributed by atoms with E-state index in [1.807, 2.05) is 19.1 Å². The van der Waals surface area contributed by atoms with Gasteiger partial charge in [0.05, 0.1) is 0 Å². The lowest BCUT2D eigenvalue weighted by molar-refractivity contribution is 0.316. The molecule has 0 aromatic heterocycles. The lowest BCUT2D eigenvalue weighted by Crippen LogP contribution is -2.26. The molecule has 100 valence electrons. The highest BCUT2D eigenvalue weighted by atomic mass is 16.4. The Bertz CT molecular complexity index is 421. The van der Waals surface area contributed by atoms with Gasteiger partial charge in [0.15, 0.2) is 0 Å². The van der Waals surface area contributed by atoms with Crippen LogP contribution in [0.25, 0.3) is 0 Å². The minimum absolute atomic E-state index is 0.0833.